The fourth-order valence-electron chi connectivity index (χ4n) is 7.08. The summed E-state index contributed by atoms with van der Waals surface area (Å²) in [5.74, 6) is -7.25. The first-order chi connectivity index (χ1) is 32.1. The van der Waals surface area contributed by atoms with Gasteiger partial charge >= 0.3 is 5.97 Å². The summed E-state index contributed by atoms with van der Waals surface area (Å²) < 4.78 is 5.63. The Bertz CT molecular complexity index is 1890. The number of carbonyl (C=O) groups excluding carboxylic acids is 8. The van der Waals surface area contributed by atoms with Crippen LogP contribution >= 0.6 is 0 Å². The van der Waals surface area contributed by atoms with Gasteiger partial charge in [-0.05, 0) is 48.3 Å². The van der Waals surface area contributed by atoms with Gasteiger partial charge in [-0.2, -0.15) is 0 Å². The van der Waals surface area contributed by atoms with Gasteiger partial charge in [0.05, 0.1) is 37.8 Å². The number of phenols is 1. The zero-order valence-electron chi connectivity index (χ0n) is 40.7. The predicted octanol–water partition coefficient (Wildman–Crippen LogP) is 0.404. The summed E-state index contributed by atoms with van der Waals surface area (Å²) in [4.78, 5) is 108. The summed E-state index contributed by atoms with van der Waals surface area (Å²) in [6, 6.07) is -2.52. The second kappa shape index (κ2) is 29.8. The van der Waals surface area contributed by atoms with Crippen LogP contribution in [0.5, 0.6) is 5.75 Å². The highest BCUT2D eigenvalue weighted by atomic mass is 16.5. The first kappa shape index (κ1) is 58.3. The molecule has 0 aromatic heterocycles. The number of nitrogens with zero attached hydrogens (tertiary/aromatic N) is 1. The standard InChI is InChI=1S/C48H75N7O13/c1-9-10-11-12-13-14-15-16-38(60)50-35(26-57)44(63)54-42(29(4)5)46(65)51-34(25-56)37(59)24-40(62)53-41(28(2)3)45(64)49-32-19-22-39(61)52-43(30(6)7)47(66)55(8)36(48(67)68-27-32)23-31-17-20-33(58)21-18-31/h14-15,17-22,28-30,32,34-37,41-43,56-59H,9-13,16,23-27H2,1-8H3,(H,49,64)(H,50,60)(H,51,65)(H,52,61)(H,53,62)(H,54,63)/b15-14-,22-19-/t32?,34-,35-,36?,37-,41-,42-,43-/m0/s1. The predicted molar refractivity (Wildman–Crippen MR) is 252 cm³/mol. The van der Waals surface area contributed by atoms with Crippen molar-refractivity contribution >= 4 is 47.3 Å². The molecule has 1 aliphatic rings. The van der Waals surface area contributed by atoms with E-state index in [0.717, 1.165) is 38.2 Å². The molecular weight excluding hydrogens is 883 g/mol. The van der Waals surface area contributed by atoms with Crippen LogP contribution < -0.4 is 31.9 Å². The van der Waals surface area contributed by atoms with Crippen LogP contribution in [0.4, 0.5) is 0 Å². The number of esters is 1. The number of carbonyl (C=O) groups is 8. The maximum absolute atomic E-state index is 13.8. The van der Waals surface area contributed by atoms with Gasteiger partial charge in [-0.15, -0.1) is 0 Å². The molecule has 20 nitrogen and oxygen atoms in total. The Morgan fingerprint density at radius 1 is 0.824 bits per heavy atom. The second-order valence-electron chi connectivity index (χ2n) is 18.1. The largest absolute Gasteiger partial charge is 0.508 e. The fourth-order valence-corrected chi connectivity index (χ4v) is 7.08. The van der Waals surface area contributed by atoms with Crippen LogP contribution in [-0.4, -0.2) is 148 Å². The lowest BCUT2D eigenvalue weighted by atomic mass is 9.99. The number of unbranched alkanes of at least 4 members (excludes halogenated alkanes) is 4. The molecule has 0 radical (unpaired) electrons. The number of aliphatic hydroxyl groups is 3. The normalized spacial score (nSPS) is 19.7. The summed E-state index contributed by atoms with van der Waals surface area (Å²) >= 11 is 0. The van der Waals surface area contributed by atoms with Gasteiger partial charge < -0.3 is 62.0 Å². The van der Waals surface area contributed by atoms with E-state index in [-0.39, 0.29) is 24.5 Å². The smallest absolute Gasteiger partial charge is 0.329 e. The lowest BCUT2D eigenvalue weighted by Crippen LogP contribution is -2.59. The Balaban J connectivity index is 2.14. The van der Waals surface area contributed by atoms with E-state index in [2.05, 4.69) is 38.8 Å². The van der Waals surface area contributed by atoms with E-state index in [1.54, 1.807) is 59.8 Å². The van der Waals surface area contributed by atoms with Crippen molar-refractivity contribution in [1.29, 1.82) is 0 Å². The second-order valence-corrected chi connectivity index (χ2v) is 18.1. The van der Waals surface area contributed by atoms with Gasteiger partial charge in [0.15, 0.2) is 0 Å². The van der Waals surface area contributed by atoms with Gasteiger partial charge in [0.1, 0.15) is 42.6 Å². The van der Waals surface area contributed by atoms with Crippen molar-refractivity contribution in [3.8, 4) is 5.75 Å². The van der Waals surface area contributed by atoms with Crippen LogP contribution in [0.1, 0.15) is 99.0 Å². The third-order valence-corrected chi connectivity index (χ3v) is 11.3. The number of aromatic hydroxyl groups is 1. The first-order valence-corrected chi connectivity index (χ1v) is 23.4. The molecule has 7 amide bonds. The van der Waals surface area contributed by atoms with Gasteiger partial charge in [-0.25, -0.2) is 4.79 Å². The highest BCUT2D eigenvalue weighted by Crippen LogP contribution is 2.18. The molecule has 0 spiro atoms. The number of nitrogens with one attached hydrogen (secondary N) is 6. The molecule has 10 N–H and O–H groups in total. The van der Waals surface area contributed by atoms with Crippen LogP contribution in [0.15, 0.2) is 48.6 Å². The third kappa shape index (κ3) is 19.8. The number of hydrogen-bond acceptors (Lipinski definition) is 13. The third-order valence-electron chi connectivity index (χ3n) is 11.3. The molecule has 380 valence electrons. The van der Waals surface area contributed by atoms with Gasteiger partial charge in [-0.3, -0.25) is 33.6 Å². The number of phenolic OH excluding ortho intramolecular Hbond substituents is 1. The number of cyclic esters (lactones) is 1. The quantitative estimate of drug-likeness (QED) is 0.0361. The van der Waals surface area contributed by atoms with Crippen molar-refractivity contribution in [2.24, 2.45) is 17.8 Å². The van der Waals surface area contributed by atoms with Crippen LogP contribution in [0.3, 0.4) is 0 Å². The van der Waals surface area contributed by atoms with Gasteiger partial charge in [0, 0.05) is 26.0 Å². The number of likely N-dealkylation sites (N-methyl/N-ethyl adjacent to an activating group) is 1. The fraction of sp³-hybridized carbons (Fsp3) is 0.625. The Kier molecular flexibility index (Phi) is 25.5. The van der Waals surface area contributed by atoms with Crippen molar-refractivity contribution < 1.29 is 63.5 Å². The summed E-state index contributed by atoms with van der Waals surface area (Å²) in [5.41, 5.74) is 0.602. The van der Waals surface area contributed by atoms with E-state index in [1.807, 2.05) is 6.08 Å². The summed E-state index contributed by atoms with van der Waals surface area (Å²) in [6.07, 6.45) is 8.67. The van der Waals surface area contributed by atoms with Crippen molar-refractivity contribution in [1.82, 2.24) is 36.8 Å². The van der Waals surface area contributed by atoms with E-state index in [1.165, 1.54) is 30.2 Å². The van der Waals surface area contributed by atoms with Crippen LogP contribution in [-0.2, 0) is 49.5 Å². The molecule has 1 heterocycles. The molecule has 2 rings (SSSR count). The SMILES string of the molecule is CCCCCC/C=C\CC(=O)N[C@@H](CO)C(=O)N[C@H](C(=O)N[C@@H](CO)[C@@H](O)CC(=O)N[C@H](C(=O)NC1/C=C\C(=O)N[C@@H](C(C)C)C(=O)N(C)C(Cc2ccc(O)cc2)C(=O)OC1)C(C)C)C(C)C. The molecule has 68 heavy (non-hydrogen) atoms. The molecule has 1 aromatic carbocycles. The molecule has 0 saturated heterocycles. The minimum Gasteiger partial charge on any atom is -0.508 e. The molecule has 0 saturated carbocycles. The molecule has 2 unspecified atom stereocenters. The van der Waals surface area contributed by atoms with Crippen molar-refractivity contribution in [3.63, 3.8) is 0 Å². The molecule has 0 bridgehead atoms. The maximum Gasteiger partial charge on any atom is 0.329 e. The number of rotatable bonds is 25. The Morgan fingerprint density at radius 3 is 2.06 bits per heavy atom. The summed E-state index contributed by atoms with van der Waals surface area (Å²) in [7, 11) is 1.42. The van der Waals surface area contributed by atoms with Crippen molar-refractivity contribution in [2.45, 2.75) is 148 Å². The molecule has 1 aliphatic heterocycles. The van der Waals surface area contributed by atoms with Crippen LogP contribution in [0.25, 0.3) is 0 Å². The number of amides is 7. The summed E-state index contributed by atoms with van der Waals surface area (Å²) in [6.45, 7) is 10.0. The van der Waals surface area contributed by atoms with Crippen molar-refractivity contribution in [2.75, 3.05) is 26.9 Å². The van der Waals surface area contributed by atoms with E-state index < -0.39 is 134 Å². The average molecular weight is 958 g/mol. The summed E-state index contributed by atoms with van der Waals surface area (Å²) in [5, 5.41) is 56.1. The lowest BCUT2D eigenvalue weighted by Gasteiger charge is -2.32. The van der Waals surface area contributed by atoms with E-state index >= 15 is 0 Å². The highest BCUT2D eigenvalue weighted by molar-refractivity contribution is 5.95. The number of benzene rings is 1. The van der Waals surface area contributed by atoms with Gasteiger partial charge in [0.2, 0.25) is 41.4 Å². The minimum absolute atomic E-state index is 0.000292. The molecule has 8 atom stereocenters. The number of aliphatic hydroxyl groups excluding tert-OH is 3. The van der Waals surface area contributed by atoms with Gasteiger partial charge in [0.25, 0.3) is 0 Å². The van der Waals surface area contributed by atoms with Crippen molar-refractivity contribution in [3.05, 3.63) is 54.1 Å². The number of allylic oxidation sites excluding steroid dienone is 1. The zero-order chi connectivity index (χ0) is 51.1. The first-order valence-electron chi connectivity index (χ1n) is 23.4. The molecule has 1 aromatic rings. The Morgan fingerprint density at radius 2 is 1.47 bits per heavy atom. The number of hydrogen-bond donors (Lipinski definition) is 10. The molecular formula is C48H75N7O13. The zero-order valence-corrected chi connectivity index (χ0v) is 40.7. The minimum atomic E-state index is -1.69. The topological polar surface area (TPSA) is 302 Å². The van der Waals surface area contributed by atoms with Crippen LogP contribution in [0.2, 0.25) is 0 Å². The Hall–Kier alpha value is -5.86. The Labute approximate surface area is 399 Å². The molecule has 20 heteroatoms. The van der Waals surface area contributed by atoms with E-state index in [4.69, 9.17) is 4.74 Å². The highest BCUT2D eigenvalue weighted by Gasteiger charge is 2.37. The average Bonchev–Trinajstić information content (AvgIpc) is 3.28. The van der Waals surface area contributed by atoms with Crippen LogP contribution in [0, 0.1) is 17.8 Å². The molecule has 0 fully saturated rings. The number of ether oxygens (including phenoxy) is 1. The van der Waals surface area contributed by atoms with E-state index in [0.29, 0.717) is 5.56 Å². The van der Waals surface area contributed by atoms with Gasteiger partial charge in [-0.1, -0.05) is 98.1 Å². The molecule has 0 aliphatic carbocycles. The lowest BCUT2D eigenvalue weighted by molar-refractivity contribution is -0.156. The van der Waals surface area contributed by atoms with E-state index in [9.17, 15) is 58.8 Å². The monoisotopic (exact) mass is 958 g/mol. The maximum atomic E-state index is 13.8.